The monoisotopic (exact) mass is 491 g/mol. The van der Waals surface area contributed by atoms with Crippen molar-refractivity contribution in [3.63, 3.8) is 0 Å². The van der Waals surface area contributed by atoms with Gasteiger partial charge in [-0.05, 0) is 67.6 Å². The second kappa shape index (κ2) is 11.0. The van der Waals surface area contributed by atoms with Crippen molar-refractivity contribution in [2.75, 3.05) is 28.8 Å². The number of para-hydroxylation sites is 1. The summed E-state index contributed by atoms with van der Waals surface area (Å²) in [7, 11) is -3.93. The van der Waals surface area contributed by atoms with E-state index in [4.69, 9.17) is 0 Å². The number of rotatable bonds is 9. The third-order valence-electron chi connectivity index (χ3n) is 6.43. The highest BCUT2D eigenvalue weighted by molar-refractivity contribution is 7.92. The van der Waals surface area contributed by atoms with E-state index in [0.29, 0.717) is 18.7 Å². The minimum Gasteiger partial charge on any atom is -0.372 e. The minimum atomic E-state index is -3.93. The molecule has 184 valence electrons. The largest absolute Gasteiger partial charge is 0.372 e. The van der Waals surface area contributed by atoms with E-state index in [2.05, 4.69) is 22.3 Å². The Bertz CT molecular complexity index is 1250. The van der Waals surface area contributed by atoms with Crippen LogP contribution in [-0.4, -0.2) is 34.0 Å². The number of nitrogens with one attached hydrogen (secondary N) is 1. The first-order valence-electron chi connectivity index (χ1n) is 12.2. The lowest BCUT2D eigenvalue weighted by molar-refractivity contribution is -0.119. The minimum absolute atomic E-state index is 0.166. The van der Waals surface area contributed by atoms with Crippen molar-refractivity contribution < 1.29 is 13.2 Å². The molecule has 0 bridgehead atoms. The van der Waals surface area contributed by atoms with Gasteiger partial charge in [-0.1, -0.05) is 55.0 Å². The van der Waals surface area contributed by atoms with Crippen LogP contribution in [0.3, 0.4) is 0 Å². The van der Waals surface area contributed by atoms with Crippen LogP contribution in [0.4, 0.5) is 11.4 Å². The molecule has 0 aliphatic carbocycles. The molecule has 0 atom stereocenters. The summed E-state index contributed by atoms with van der Waals surface area (Å²) >= 11 is 0. The van der Waals surface area contributed by atoms with Crippen LogP contribution < -0.4 is 14.5 Å². The molecule has 1 amide bonds. The first-order chi connectivity index (χ1) is 16.9. The number of anilines is 2. The van der Waals surface area contributed by atoms with E-state index in [0.717, 1.165) is 29.8 Å². The van der Waals surface area contributed by atoms with Crippen LogP contribution in [0.5, 0.6) is 0 Å². The van der Waals surface area contributed by atoms with E-state index in [1.54, 1.807) is 36.4 Å². The number of sulfonamides is 1. The van der Waals surface area contributed by atoms with Crippen molar-refractivity contribution in [2.24, 2.45) is 0 Å². The molecule has 1 aliphatic heterocycles. The van der Waals surface area contributed by atoms with Crippen LogP contribution in [0.1, 0.15) is 36.5 Å². The maximum absolute atomic E-state index is 13.6. The molecule has 0 spiro atoms. The van der Waals surface area contributed by atoms with Gasteiger partial charge in [0.1, 0.15) is 6.54 Å². The molecular formula is C28H33N3O3S. The standard InChI is InChI=1S/C28H33N3O3S/c1-3-24-8-4-5-9-27(24)31(35(33,34)26-16-10-22(2)11-17-26)21-28(32)29-20-23-12-14-25(15-13-23)30-18-6-7-19-30/h4-5,8-17H,3,6-7,18-21H2,1-2H3,(H,29,32). The molecule has 6 nitrogen and oxygen atoms in total. The molecule has 7 heteroatoms. The predicted octanol–water partition coefficient (Wildman–Crippen LogP) is 4.67. The zero-order valence-corrected chi connectivity index (χ0v) is 21.2. The molecule has 35 heavy (non-hydrogen) atoms. The van der Waals surface area contributed by atoms with Gasteiger partial charge in [-0.2, -0.15) is 0 Å². The number of hydrogen-bond donors (Lipinski definition) is 1. The molecule has 0 saturated carbocycles. The molecule has 1 fully saturated rings. The van der Waals surface area contributed by atoms with Crippen molar-refractivity contribution in [3.05, 3.63) is 89.5 Å². The van der Waals surface area contributed by atoms with Gasteiger partial charge < -0.3 is 10.2 Å². The van der Waals surface area contributed by atoms with Gasteiger partial charge in [0.15, 0.2) is 0 Å². The van der Waals surface area contributed by atoms with Crippen LogP contribution in [-0.2, 0) is 27.8 Å². The number of carbonyl (C=O) groups is 1. The Kier molecular flexibility index (Phi) is 7.76. The second-order valence-electron chi connectivity index (χ2n) is 8.94. The fourth-order valence-corrected chi connectivity index (χ4v) is 5.84. The topological polar surface area (TPSA) is 69.7 Å². The highest BCUT2D eigenvalue weighted by Crippen LogP contribution is 2.28. The number of carbonyl (C=O) groups excluding carboxylic acids is 1. The summed E-state index contributed by atoms with van der Waals surface area (Å²) in [6.45, 7) is 6.10. The Balaban J connectivity index is 1.51. The highest BCUT2D eigenvalue weighted by atomic mass is 32.2. The van der Waals surface area contributed by atoms with E-state index >= 15 is 0 Å². The van der Waals surface area contributed by atoms with Crippen LogP contribution in [0.25, 0.3) is 0 Å². The summed E-state index contributed by atoms with van der Waals surface area (Å²) in [5, 5.41) is 2.90. The predicted molar refractivity (Wildman–Crippen MR) is 141 cm³/mol. The summed E-state index contributed by atoms with van der Waals surface area (Å²) in [5.41, 5.74) is 4.54. The number of nitrogens with zero attached hydrogens (tertiary/aromatic N) is 2. The summed E-state index contributed by atoms with van der Waals surface area (Å²) in [6.07, 6.45) is 3.10. The smallest absolute Gasteiger partial charge is 0.264 e. The second-order valence-corrected chi connectivity index (χ2v) is 10.8. The van der Waals surface area contributed by atoms with E-state index in [-0.39, 0.29) is 17.3 Å². The zero-order valence-electron chi connectivity index (χ0n) is 20.4. The normalized spacial score (nSPS) is 13.6. The van der Waals surface area contributed by atoms with Crippen molar-refractivity contribution in [3.8, 4) is 0 Å². The Morgan fingerprint density at radius 1 is 0.943 bits per heavy atom. The van der Waals surface area contributed by atoms with Crippen LogP contribution in [0.2, 0.25) is 0 Å². The Labute approximate surface area is 208 Å². The molecule has 1 aliphatic rings. The van der Waals surface area contributed by atoms with Gasteiger partial charge in [0.25, 0.3) is 10.0 Å². The van der Waals surface area contributed by atoms with Crippen LogP contribution in [0, 0.1) is 6.92 Å². The molecule has 0 aromatic heterocycles. The van der Waals surface area contributed by atoms with Gasteiger partial charge >= 0.3 is 0 Å². The SMILES string of the molecule is CCc1ccccc1N(CC(=O)NCc1ccc(N2CCCC2)cc1)S(=O)(=O)c1ccc(C)cc1. The molecule has 0 unspecified atom stereocenters. The molecule has 1 saturated heterocycles. The Morgan fingerprint density at radius 2 is 1.60 bits per heavy atom. The van der Waals surface area contributed by atoms with Gasteiger partial charge in [-0.25, -0.2) is 8.42 Å². The fraction of sp³-hybridized carbons (Fsp3) is 0.321. The third kappa shape index (κ3) is 5.85. The lowest BCUT2D eigenvalue weighted by Crippen LogP contribution is -2.41. The van der Waals surface area contributed by atoms with Crippen LogP contribution >= 0.6 is 0 Å². The molecule has 0 radical (unpaired) electrons. The van der Waals surface area contributed by atoms with Gasteiger partial charge in [-0.3, -0.25) is 9.10 Å². The maximum atomic E-state index is 13.6. The lowest BCUT2D eigenvalue weighted by atomic mass is 10.1. The van der Waals surface area contributed by atoms with Gasteiger partial charge in [0.05, 0.1) is 10.6 Å². The average Bonchev–Trinajstić information content (AvgIpc) is 3.42. The number of hydrogen-bond acceptors (Lipinski definition) is 4. The first kappa shape index (κ1) is 24.8. The number of amides is 1. The molecular weight excluding hydrogens is 458 g/mol. The quantitative estimate of drug-likeness (QED) is 0.472. The number of aryl methyl sites for hydroxylation is 2. The van der Waals surface area contributed by atoms with Crippen LogP contribution in [0.15, 0.2) is 77.7 Å². The Hall–Kier alpha value is -3.32. The van der Waals surface area contributed by atoms with Gasteiger partial charge in [0.2, 0.25) is 5.91 Å². The van der Waals surface area contributed by atoms with Gasteiger partial charge in [-0.15, -0.1) is 0 Å². The van der Waals surface area contributed by atoms with E-state index in [1.165, 1.54) is 22.8 Å². The summed E-state index contributed by atoms with van der Waals surface area (Å²) < 4.78 is 28.5. The van der Waals surface area contributed by atoms with Crippen molar-refractivity contribution >= 4 is 27.3 Å². The van der Waals surface area contributed by atoms with E-state index in [1.807, 2.05) is 38.1 Å². The fourth-order valence-electron chi connectivity index (χ4n) is 4.38. The molecule has 3 aromatic rings. The highest BCUT2D eigenvalue weighted by Gasteiger charge is 2.28. The van der Waals surface area contributed by atoms with Crippen molar-refractivity contribution in [1.29, 1.82) is 0 Å². The third-order valence-corrected chi connectivity index (χ3v) is 8.21. The van der Waals surface area contributed by atoms with E-state index < -0.39 is 10.0 Å². The lowest BCUT2D eigenvalue weighted by Gasteiger charge is -2.26. The molecule has 1 heterocycles. The number of benzene rings is 3. The van der Waals surface area contributed by atoms with E-state index in [9.17, 15) is 13.2 Å². The zero-order chi connectivity index (χ0) is 24.8. The average molecular weight is 492 g/mol. The summed E-state index contributed by atoms with van der Waals surface area (Å²) in [5.74, 6) is -0.352. The first-order valence-corrected chi connectivity index (χ1v) is 13.6. The Morgan fingerprint density at radius 3 is 2.26 bits per heavy atom. The summed E-state index contributed by atoms with van der Waals surface area (Å²) in [6, 6.07) is 22.2. The maximum Gasteiger partial charge on any atom is 0.264 e. The molecule has 4 rings (SSSR count). The van der Waals surface area contributed by atoms with Crippen molar-refractivity contribution in [1.82, 2.24) is 5.32 Å². The summed E-state index contributed by atoms with van der Waals surface area (Å²) in [4.78, 5) is 15.5. The van der Waals surface area contributed by atoms with Gasteiger partial charge in [0, 0.05) is 25.3 Å². The molecule has 3 aromatic carbocycles. The molecule has 1 N–H and O–H groups in total. The van der Waals surface area contributed by atoms with Crippen molar-refractivity contribution in [2.45, 2.75) is 44.6 Å².